The lowest BCUT2D eigenvalue weighted by atomic mass is 10.2. The van der Waals surface area contributed by atoms with Crippen molar-refractivity contribution in [3.8, 4) is 0 Å². The molecular weight excluding hydrogens is 134 g/mol. The molecule has 0 aromatic carbocycles. The molecule has 1 unspecified atom stereocenters. The van der Waals surface area contributed by atoms with E-state index in [0.717, 1.165) is 18.1 Å². The highest BCUT2D eigenvalue weighted by Gasteiger charge is 2.14. The molecule has 0 radical (unpaired) electrons. The van der Waals surface area contributed by atoms with Crippen LogP contribution in [0.25, 0.3) is 0 Å². The van der Waals surface area contributed by atoms with Crippen LogP contribution in [-0.2, 0) is 4.79 Å². The molecule has 1 rings (SSSR count). The Morgan fingerprint density at radius 2 is 2.56 bits per heavy atom. The monoisotopic (exact) mass is 145 g/mol. The van der Waals surface area contributed by atoms with E-state index in [1.165, 1.54) is 0 Å². The number of nitrogens with one attached hydrogen (secondary N) is 1. The highest BCUT2D eigenvalue weighted by atomic mass is 32.2. The molecule has 1 fully saturated rings. The van der Waals surface area contributed by atoms with Gasteiger partial charge in [-0.25, -0.2) is 0 Å². The molecule has 1 atom stereocenters. The smallest absolute Gasteiger partial charge is 0.223 e. The molecule has 2 nitrogen and oxygen atoms in total. The average molecular weight is 145 g/mol. The van der Waals surface area contributed by atoms with Gasteiger partial charge in [0.2, 0.25) is 5.91 Å². The molecule has 1 aliphatic heterocycles. The van der Waals surface area contributed by atoms with Crippen LogP contribution in [0.1, 0.15) is 6.92 Å². The zero-order valence-electron chi connectivity index (χ0n) is 5.52. The summed E-state index contributed by atoms with van der Waals surface area (Å²) < 4.78 is 0. The first-order valence-electron chi connectivity index (χ1n) is 3.16. The molecule has 1 N–H and O–H groups in total. The molecule has 1 aliphatic rings. The molecule has 52 valence electrons. The summed E-state index contributed by atoms with van der Waals surface area (Å²) in [6, 6.07) is 0. The maximum Gasteiger partial charge on any atom is 0.223 e. The van der Waals surface area contributed by atoms with Gasteiger partial charge in [-0.15, -0.1) is 0 Å². The van der Waals surface area contributed by atoms with Crippen LogP contribution in [0, 0.1) is 5.92 Å². The summed E-state index contributed by atoms with van der Waals surface area (Å²) in [5, 5.41) is 2.83. The standard InChI is InChI=1S/C6H11NOS/c1-5-4-9-3-2-7-6(5)8/h5H,2-4H2,1H3,(H,7,8). The quantitative estimate of drug-likeness (QED) is 0.537. The SMILES string of the molecule is CC1CSCCNC1=O. The minimum absolute atomic E-state index is 0.206. The van der Waals surface area contributed by atoms with E-state index >= 15 is 0 Å². The minimum atomic E-state index is 0.206. The highest BCUT2D eigenvalue weighted by Crippen LogP contribution is 2.10. The third-order valence-corrected chi connectivity index (χ3v) is 2.59. The van der Waals surface area contributed by atoms with Crippen LogP contribution < -0.4 is 5.32 Å². The highest BCUT2D eigenvalue weighted by molar-refractivity contribution is 7.99. The predicted molar refractivity (Wildman–Crippen MR) is 39.5 cm³/mol. The van der Waals surface area contributed by atoms with Crippen LogP contribution in [0.3, 0.4) is 0 Å². The van der Waals surface area contributed by atoms with Crippen LogP contribution in [0.5, 0.6) is 0 Å². The molecule has 0 spiro atoms. The van der Waals surface area contributed by atoms with Gasteiger partial charge < -0.3 is 5.32 Å². The van der Waals surface area contributed by atoms with Gasteiger partial charge in [-0.2, -0.15) is 11.8 Å². The van der Waals surface area contributed by atoms with Crippen molar-refractivity contribution in [3.05, 3.63) is 0 Å². The summed E-state index contributed by atoms with van der Waals surface area (Å²) in [6.45, 7) is 2.81. The number of amides is 1. The van der Waals surface area contributed by atoms with Gasteiger partial charge in [-0.3, -0.25) is 4.79 Å². The molecule has 9 heavy (non-hydrogen) atoms. The molecule has 1 heterocycles. The lowest BCUT2D eigenvalue weighted by Crippen LogP contribution is -2.28. The van der Waals surface area contributed by atoms with E-state index in [1.807, 2.05) is 18.7 Å². The lowest BCUT2D eigenvalue weighted by Gasteiger charge is -2.02. The van der Waals surface area contributed by atoms with Crippen molar-refractivity contribution in [1.29, 1.82) is 0 Å². The number of carbonyl (C=O) groups is 1. The fourth-order valence-corrected chi connectivity index (χ4v) is 1.67. The average Bonchev–Trinajstić information content (AvgIpc) is 1.99. The van der Waals surface area contributed by atoms with Gasteiger partial charge in [0.25, 0.3) is 0 Å². The van der Waals surface area contributed by atoms with Gasteiger partial charge in [0.15, 0.2) is 0 Å². The van der Waals surface area contributed by atoms with E-state index in [4.69, 9.17) is 0 Å². The maximum absolute atomic E-state index is 10.9. The number of hydrogen-bond acceptors (Lipinski definition) is 2. The van der Waals surface area contributed by atoms with Crippen molar-refractivity contribution in [2.75, 3.05) is 18.1 Å². The van der Waals surface area contributed by atoms with E-state index in [-0.39, 0.29) is 11.8 Å². The molecule has 0 aliphatic carbocycles. The van der Waals surface area contributed by atoms with Crippen LogP contribution in [0.4, 0.5) is 0 Å². The van der Waals surface area contributed by atoms with Gasteiger partial charge >= 0.3 is 0 Å². The van der Waals surface area contributed by atoms with Crippen LogP contribution in [0.15, 0.2) is 0 Å². The van der Waals surface area contributed by atoms with Gasteiger partial charge in [0.1, 0.15) is 0 Å². The third-order valence-electron chi connectivity index (χ3n) is 1.36. The normalized spacial score (nSPS) is 29.0. The Kier molecular flexibility index (Phi) is 2.39. The van der Waals surface area contributed by atoms with Crippen molar-refractivity contribution in [3.63, 3.8) is 0 Å². The van der Waals surface area contributed by atoms with Gasteiger partial charge in [-0.05, 0) is 0 Å². The molecule has 0 aromatic heterocycles. The molecule has 3 heteroatoms. The Hall–Kier alpha value is -0.180. The fourth-order valence-electron chi connectivity index (χ4n) is 0.756. The molecule has 0 saturated carbocycles. The van der Waals surface area contributed by atoms with E-state index in [2.05, 4.69) is 5.32 Å². The fraction of sp³-hybridized carbons (Fsp3) is 0.833. The second-order valence-electron chi connectivity index (χ2n) is 2.27. The number of carbonyl (C=O) groups excluding carboxylic acids is 1. The topological polar surface area (TPSA) is 29.1 Å². The Labute approximate surface area is 59.4 Å². The van der Waals surface area contributed by atoms with E-state index in [9.17, 15) is 4.79 Å². The number of hydrogen-bond donors (Lipinski definition) is 1. The summed E-state index contributed by atoms with van der Waals surface area (Å²) in [6.07, 6.45) is 0. The molecule has 1 saturated heterocycles. The summed E-state index contributed by atoms with van der Waals surface area (Å²) in [7, 11) is 0. The van der Waals surface area contributed by atoms with Gasteiger partial charge in [0, 0.05) is 24.0 Å². The van der Waals surface area contributed by atoms with Crippen molar-refractivity contribution < 1.29 is 4.79 Å². The molecule has 0 bridgehead atoms. The zero-order valence-corrected chi connectivity index (χ0v) is 6.33. The second kappa shape index (κ2) is 3.11. The molecule has 1 amide bonds. The van der Waals surface area contributed by atoms with E-state index in [1.54, 1.807) is 0 Å². The Morgan fingerprint density at radius 1 is 1.78 bits per heavy atom. The number of thioether (sulfide) groups is 1. The van der Waals surface area contributed by atoms with E-state index in [0.29, 0.717) is 0 Å². The number of rotatable bonds is 0. The summed E-state index contributed by atoms with van der Waals surface area (Å²) >= 11 is 1.84. The Morgan fingerprint density at radius 3 is 3.33 bits per heavy atom. The third kappa shape index (κ3) is 1.90. The largest absolute Gasteiger partial charge is 0.355 e. The molecular formula is C6H11NOS. The van der Waals surface area contributed by atoms with E-state index < -0.39 is 0 Å². The Balaban J connectivity index is 2.41. The summed E-state index contributed by atoms with van der Waals surface area (Å²) in [5.41, 5.74) is 0. The van der Waals surface area contributed by atoms with Crippen molar-refractivity contribution in [1.82, 2.24) is 5.32 Å². The minimum Gasteiger partial charge on any atom is -0.355 e. The second-order valence-corrected chi connectivity index (χ2v) is 3.42. The van der Waals surface area contributed by atoms with Crippen molar-refractivity contribution in [2.24, 2.45) is 5.92 Å². The summed E-state index contributed by atoms with van der Waals surface area (Å²) in [4.78, 5) is 10.9. The Bertz CT molecular complexity index is 116. The van der Waals surface area contributed by atoms with Gasteiger partial charge in [-0.1, -0.05) is 6.92 Å². The van der Waals surface area contributed by atoms with Crippen molar-refractivity contribution >= 4 is 17.7 Å². The first-order chi connectivity index (χ1) is 4.30. The zero-order chi connectivity index (χ0) is 6.69. The maximum atomic E-state index is 10.9. The van der Waals surface area contributed by atoms with Crippen LogP contribution >= 0.6 is 11.8 Å². The first kappa shape index (κ1) is 6.93. The summed E-state index contributed by atoms with van der Waals surface area (Å²) in [5.74, 6) is 2.46. The van der Waals surface area contributed by atoms with Crippen LogP contribution in [0.2, 0.25) is 0 Å². The van der Waals surface area contributed by atoms with Crippen molar-refractivity contribution in [2.45, 2.75) is 6.92 Å². The predicted octanol–water partition coefficient (Wildman–Crippen LogP) is 0.485. The first-order valence-corrected chi connectivity index (χ1v) is 4.31. The lowest BCUT2D eigenvalue weighted by molar-refractivity contribution is -0.123. The molecule has 0 aromatic rings. The van der Waals surface area contributed by atoms with Crippen LogP contribution in [-0.4, -0.2) is 24.0 Å². The van der Waals surface area contributed by atoms with Gasteiger partial charge in [0.05, 0.1) is 0 Å².